The van der Waals surface area contributed by atoms with Gasteiger partial charge in [-0.25, -0.2) is 0 Å². The first-order valence-corrected chi connectivity index (χ1v) is 6.73. The van der Waals surface area contributed by atoms with Gasteiger partial charge in [0, 0.05) is 10.4 Å². The van der Waals surface area contributed by atoms with E-state index in [-0.39, 0.29) is 0 Å². The number of aryl methyl sites for hydroxylation is 1. The third-order valence-corrected chi connectivity index (χ3v) is 3.01. The molecule has 0 bridgehead atoms. The maximum atomic E-state index is 6.07. The Bertz CT molecular complexity index is 329. The summed E-state index contributed by atoms with van der Waals surface area (Å²) >= 11 is 15.4. The summed E-state index contributed by atoms with van der Waals surface area (Å²) in [6.45, 7) is 2.56. The van der Waals surface area contributed by atoms with Crippen LogP contribution in [0.2, 0.25) is 10.0 Å². The van der Waals surface area contributed by atoms with E-state index in [0.29, 0.717) is 16.7 Å². The van der Waals surface area contributed by atoms with Crippen LogP contribution in [0.3, 0.4) is 0 Å². The average molecular weight is 312 g/mol. The molecule has 0 amide bonds. The van der Waals surface area contributed by atoms with E-state index in [4.69, 9.17) is 27.9 Å². The molecule has 1 aromatic carbocycles. The topological polar surface area (TPSA) is 9.23 Å². The van der Waals surface area contributed by atoms with Crippen molar-refractivity contribution in [2.45, 2.75) is 19.8 Å². The van der Waals surface area contributed by atoms with E-state index in [0.717, 1.165) is 29.5 Å². The smallest absolute Gasteiger partial charge is 0.141 e. The second kappa shape index (κ2) is 6.62. The van der Waals surface area contributed by atoms with E-state index in [1.165, 1.54) is 0 Å². The fourth-order valence-electron chi connectivity index (χ4n) is 1.36. The molecule has 0 fully saturated rings. The lowest BCUT2D eigenvalue weighted by molar-refractivity contribution is 0.336. The highest BCUT2D eigenvalue weighted by Gasteiger charge is 2.09. The Labute approximate surface area is 109 Å². The van der Waals surface area contributed by atoms with E-state index in [1.54, 1.807) is 6.07 Å². The molecule has 0 atom stereocenters. The molecule has 0 spiro atoms. The predicted molar refractivity (Wildman–Crippen MR) is 69.7 cm³/mol. The van der Waals surface area contributed by atoms with Gasteiger partial charge in [-0.2, -0.15) is 0 Å². The first kappa shape index (κ1) is 13.1. The van der Waals surface area contributed by atoms with Crippen LogP contribution in [0.5, 0.6) is 5.75 Å². The molecular formula is C11H13BrCl2O. The predicted octanol–water partition coefficient (Wildman–Crippen LogP) is 4.72. The van der Waals surface area contributed by atoms with Crippen LogP contribution in [-0.2, 0) is 6.42 Å². The summed E-state index contributed by atoms with van der Waals surface area (Å²) in [6, 6.07) is 3.63. The Morgan fingerprint density at radius 1 is 1.33 bits per heavy atom. The molecule has 0 radical (unpaired) electrons. The standard InChI is InChI=1S/C11H13BrCl2O/c1-2-15-11-8(4-3-5-12)6-9(13)7-10(11)14/h6-7H,2-5H2,1H3. The van der Waals surface area contributed by atoms with Crippen molar-refractivity contribution in [3.63, 3.8) is 0 Å². The number of alkyl halides is 1. The van der Waals surface area contributed by atoms with Crippen molar-refractivity contribution >= 4 is 39.1 Å². The maximum Gasteiger partial charge on any atom is 0.141 e. The summed E-state index contributed by atoms with van der Waals surface area (Å²) in [5.41, 5.74) is 1.08. The summed E-state index contributed by atoms with van der Waals surface area (Å²) in [4.78, 5) is 0. The summed E-state index contributed by atoms with van der Waals surface area (Å²) in [5, 5.41) is 2.21. The average Bonchev–Trinajstić information content (AvgIpc) is 2.19. The Morgan fingerprint density at radius 2 is 2.07 bits per heavy atom. The fraction of sp³-hybridized carbons (Fsp3) is 0.455. The molecule has 0 aliphatic heterocycles. The first-order valence-electron chi connectivity index (χ1n) is 4.85. The summed E-state index contributed by atoms with van der Waals surface area (Å²) in [5.74, 6) is 0.768. The van der Waals surface area contributed by atoms with Crippen molar-refractivity contribution in [2.24, 2.45) is 0 Å². The van der Waals surface area contributed by atoms with E-state index in [2.05, 4.69) is 15.9 Å². The van der Waals surface area contributed by atoms with Crippen LogP contribution in [0.15, 0.2) is 12.1 Å². The van der Waals surface area contributed by atoms with Crippen molar-refractivity contribution < 1.29 is 4.74 Å². The zero-order valence-electron chi connectivity index (χ0n) is 8.53. The van der Waals surface area contributed by atoms with E-state index >= 15 is 0 Å². The molecule has 15 heavy (non-hydrogen) atoms. The lowest BCUT2D eigenvalue weighted by Gasteiger charge is -2.12. The first-order chi connectivity index (χ1) is 7.19. The molecule has 84 valence electrons. The SMILES string of the molecule is CCOc1c(Cl)cc(Cl)cc1CCCBr. The number of hydrogen-bond acceptors (Lipinski definition) is 1. The minimum atomic E-state index is 0.592. The summed E-state index contributed by atoms with van der Waals surface area (Å²) < 4.78 is 5.51. The summed E-state index contributed by atoms with van der Waals surface area (Å²) in [6.07, 6.45) is 1.96. The molecule has 0 aliphatic carbocycles. The van der Waals surface area contributed by atoms with Gasteiger partial charge in [0.15, 0.2) is 0 Å². The van der Waals surface area contributed by atoms with Crippen LogP contribution < -0.4 is 4.74 Å². The molecule has 0 aliphatic rings. The molecule has 0 saturated carbocycles. The molecule has 4 heteroatoms. The third-order valence-electron chi connectivity index (χ3n) is 1.95. The van der Waals surface area contributed by atoms with Gasteiger partial charge < -0.3 is 4.74 Å². The molecule has 0 heterocycles. The van der Waals surface area contributed by atoms with Crippen LogP contribution in [0.25, 0.3) is 0 Å². The van der Waals surface area contributed by atoms with Crippen molar-refractivity contribution in [2.75, 3.05) is 11.9 Å². The molecule has 0 saturated heterocycles. The monoisotopic (exact) mass is 310 g/mol. The van der Waals surface area contributed by atoms with Crippen molar-refractivity contribution in [1.82, 2.24) is 0 Å². The largest absolute Gasteiger partial charge is 0.492 e. The lowest BCUT2D eigenvalue weighted by atomic mass is 10.1. The van der Waals surface area contributed by atoms with Crippen LogP contribution in [-0.4, -0.2) is 11.9 Å². The van der Waals surface area contributed by atoms with Crippen LogP contribution in [0, 0.1) is 0 Å². The van der Waals surface area contributed by atoms with E-state index < -0.39 is 0 Å². The molecule has 0 N–H and O–H groups in total. The van der Waals surface area contributed by atoms with Gasteiger partial charge in [-0.05, 0) is 37.5 Å². The highest BCUT2D eigenvalue weighted by Crippen LogP contribution is 2.33. The van der Waals surface area contributed by atoms with Gasteiger partial charge >= 0.3 is 0 Å². The highest BCUT2D eigenvalue weighted by atomic mass is 79.9. The van der Waals surface area contributed by atoms with Gasteiger partial charge in [0.2, 0.25) is 0 Å². The molecule has 1 rings (SSSR count). The third kappa shape index (κ3) is 3.86. The van der Waals surface area contributed by atoms with Crippen LogP contribution >= 0.6 is 39.1 Å². The maximum absolute atomic E-state index is 6.07. The van der Waals surface area contributed by atoms with Gasteiger partial charge in [-0.15, -0.1) is 0 Å². The van der Waals surface area contributed by atoms with E-state index in [9.17, 15) is 0 Å². The highest BCUT2D eigenvalue weighted by molar-refractivity contribution is 9.09. The molecule has 0 aromatic heterocycles. The van der Waals surface area contributed by atoms with Gasteiger partial charge in [-0.3, -0.25) is 0 Å². The van der Waals surface area contributed by atoms with Gasteiger partial charge in [-0.1, -0.05) is 39.1 Å². The zero-order valence-corrected chi connectivity index (χ0v) is 11.6. The molecule has 0 unspecified atom stereocenters. The second-order valence-corrected chi connectivity index (χ2v) is 4.74. The lowest BCUT2D eigenvalue weighted by Crippen LogP contribution is -1.98. The Hall–Kier alpha value is 0.0800. The summed E-state index contributed by atoms with van der Waals surface area (Å²) in [7, 11) is 0. The molecule has 1 aromatic rings. The Morgan fingerprint density at radius 3 is 2.67 bits per heavy atom. The van der Waals surface area contributed by atoms with Gasteiger partial charge in [0.05, 0.1) is 11.6 Å². The molecular weight excluding hydrogens is 299 g/mol. The van der Waals surface area contributed by atoms with Crippen LogP contribution in [0.4, 0.5) is 0 Å². The fourth-order valence-corrected chi connectivity index (χ4v) is 2.23. The quantitative estimate of drug-likeness (QED) is 0.715. The number of ether oxygens (including phenoxy) is 1. The minimum absolute atomic E-state index is 0.592. The zero-order chi connectivity index (χ0) is 11.3. The van der Waals surface area contributed by atoms with Gasteiger partial charge in [0.25, 0.3) is 0 Å². The Balaban J connectivity index is 2.97. The molecule has 1 nitrogen and oxygen atoms in total. The van der Waals surface area contributed by atoms with Gasteiger partial charge in [0.1, 0.15) is 5.75 Å². The second-order valence-electron chi connectivity index (χ2n) is 3.10. The van der Waals surface area contributed by atoms with Crippen molar-refractivity contribution in [3.05, 3.63) is 27.7 Å². The van der Waals surface area contributed by atoms with E-state index in [1.807, 2.05) is 13.0 Å². The van der Waals surface area contributed by atoms with Crippen molar-refractivity contribution in [1.29, 1.82) is 0 Å². The number of halogens is 3. The Kier molecular flexibility index (Phi) is 5.80. The normalized spacial score (nSPS) is 10.4. The number of rotatable bonds is 5. The number of hydrogen-bond donors (Lipinski definition) is 0. The van der Waals surface area contributed by atoms with Crippen LogP contribution in [0.1, 0.15) is 18.9 Å². The number of benzene rings is 1. The van der Waals surface area contributed by atoms with Crippen molar-refractivity contribution in [3.8, 4) is 5.75 Å². The minimum Gasteiger partial charge on any atom is -0.492 e.